The minimum Gasteiger partial charge on any atom is -0.467 e. The Hall–Kier alpha value is -2.79. The summed E-state index contributed by atoms with van der Waals surface area (Å²) in [5.41, 5.74) is 1.05. The molecule has 118 valence electrons. The summed E-state index contributed by atoms with van der Waals surface area (Å²) in [6.07, 6.45) is 0.632. The molecule has 23 heavy (non-hydrogen) atoms. The highest BCUT2D eigenvalue weighted by Gasteiger charge is 2.11. The van der Waals surface area contributed by atoms with Crippen molar-refractivity contribution in [3.05, 3.63) is 72.2 Å². The first-order valence-corrected chi connectivity index (χ1v) is 7.44. The van der Waals surface area contributed by atoms with Crippen molar-refractivity contribution in [2.24, 2.45) is 0 Å². The molecule has 3 rings (SSSR count). The second-order valence-corrected chi connectivity index (χ2v) is 5.23. The maximum absolute atomic E-state index is 11.9. The molecule has 2 amide bonds. The number of carbonyl (C=O) groups excluding carboxylic acids is 1. The molecule has 3 N–H and O–H groups in total. The van der Waals surface area contributed by atoms with E-state index in [1.807, 2.05) is 42.5 Å². The van der Waals surface area contributed by atoms with Crippen LogP contribution >= 0.6 is 0 Å². The van der Waals surface area contributed by atoms with Crippen LogP contribution in [0.4, 0.5) is 4.79 Å². The van der Waals surface area contributed by atoms with Crippen molar-refractivity contribution in [3.8, 4) is 0 Å². The third-order valence-corrected chi connectivity index (χ3v) is 3.65. The number of benzene rings is 2. The normalized spacial score (nSPS) is 12.0. The van der Waals surface area contributed by atoms with Crippen LogP contribution in [-0.4, -0.2) is 17.7 Å². The van der Waals surface area contributed by atoms with Crippen LogP contribution in [0.1, 0.15) is 17.4 Å². The van der Waals surface area contributed by atoms with Crippen LogP contribution in [0.5, 0.6) is 0 Å². The molecule has 3 aromatic rings. The van der Waals surface area contributed by atoms with Gasteiger partial charge < -0.3 is 20.2 Å². The van der Waals surface area contributed by atoms with Crippen molar-refractivity contribution in [2.45, 2.75) is 12.6 Å². The van der Waals surface area contributed by atoms with Gasteiger partial charge in [-0.2, -0.15) is 0 Å². The van der Waals surface area contributed by atoms with E-state index >= 15 is 0 Å². The maximum atomic E-state index is 11.9. The molecule has 1 aromatic heterocycles. The van der Waals surface area contributed by atoms with Gasteiger partial charge in [-0.15, -0.1) is 0 Å². The summed E-state index contributed by atoms with van der Waals surface area (Å²) < 4.78 is 5.08. The summed E-state index contributed by atoms with van der Waals surface area (Å²) in [7, 11) is 0. The Morgan fingerprint density at radius 2 is 1.87 bits per heavy atom. The summed E-state index contributed by atoms with van der Waals surface area (Å²) in [6.45, 7) is 0.513. The molecule has 0 bridgehead atoms. The van der Waals surface area contributed by atoms with Gasteiger partial charge in [-0.05, 0) is 28.5 Å². The fraction of sp³-hybridized carbons (Fsp3) is 0.167. The van der Waals surface area contributed by atoms with Gasteiger partial charge in [-0.25, -0.2) is 4.79 Å². The number of fused-ring (bicyclic) bond motifs is 1. The van der Waals surface area contributed by atoms with Gasteiger partial charge in [0, 0.05) is 6.54 Å². The van der Waals surface area contributed by atoms with E-state index in [0.29, 0.717) is 12.3 Å². The van der Waals surface area contributed by atoms with Gasteiger partial charge in [0.25, 0.3) is 0 Å². The lowest BCUT2D eigenvalue weighted by atomic mass is 10.0. The van der Waals surface area contributed by atoms with Crippen LogP contribution in [0.15, 0.2) is 65.3 Å². The quantitative estimate of drug-likeness (QED) is 0.678. The van der Waals surface area contributed by atoms with Crippen LogP contribution in [0, 0.1) is 0 Å². The Morgan fingerprint density at radius 3 is 2.70 bits per heavy atom. The van der Waals surface area contributed by atoms with Gasteiger partial charge in [0.1, 0.15) is 11.9 Å². The molecule has 0 spiro atoms. The Balaban J connectivity index is 1.54. The molecule has 1 heterocycles. The van der Waals surface area contributed by atoms with E-state index in [1.165, 1.54) is 6.26 Å². The molecule has 0 radical (unpaired) electrons. The number of nitrogens with one attached hydrogen (secondary N) is 2. The number of urea groups is 1. The van der Waals surface area contributed by atoms with Crippen LogP contribution < -0.4 is 10.6 Å². The Morgan fingerprint density at radius 1 is 1.04 bits per heavy atom. The number of amides is 2. The molecule has 0 fully saturated rings. The average molecular weight is 310 g/mol. The molecule has 2 aromatic carbocycles. The lowest BCUT2D eigenvalue weighted by Crippen LogP contribution is -2.37. The number of hydrogen-bond acceptors (Lipinski definition) is 3. The maximum Gasteiger partial charge on any atom is 0.315 e. The van der Waals surface area contributed by atoms with Gasteiger partial charge in [-0.3, -0.25) is 0 Å². The molecule has 1 atom stereocenters. The number of aliphatic hydroxyl groups is 1. The fourth-order valence-corrected chi connectivity index (χ4v) is 2.46. The first-order chi connectivity index (χ1) is 11.2. The van der Waals surface area contributed by atoms with Crippen LogP contribution in [0.25, 0.3) is 10.8 Å². The van der Waals surface area contributed by atoms with Crippen LogP contribution in [0.3, 0.4) is 0 Å². The van der Waals surface area contributed by atoms with Gasteiger partial charge in [0.2, 0.25) is 0 Å². The Kier molecular flexibility index (Phi) is 4.59. The van der Waals surface area contributed by atoms with Crippen molar-refractivity contribution in [1.82, 2.24) is 10.6 Å². The lowest BCUT2D eigenvalue weighted by Gasteiger charge is -2.12. The summed E-state index contributed by atoms with van der Waals surface area (Å²) in [4.78, 5) is 11.9. The first kappa shape index (κ1) is 15.1. The molecular weight excluding hydrogens is 292 g/mol. The van der Waals surface area contributed by atoms with E-state index in [2.05, 4.69) is 10.6 Å². The van der Waals surface area contributed by atoms with E-state index in [4.69, 9.17) is 4.42 Å². The van der Waals surface area contributed by atoms with Crippen molar-refractivity contribution in [3.63, 3.8) is 0 Å². The van der Waals surface area contributed by atoms with E-state index in [1.54, 1.807) is 12.1 Å². The standard InChI is InChI=1S/C18H18N2O3/c21-16(17-9-4-10-23-17)12-20-18(22)19-11-14-7-3-6-13-5-1-2-8-15(13)14/h1-10,16,21H,11-12H2,(H2,19,20,22). The Labute approximate surface area is 133 Å². The zero-order chi connectivity index (χ0) is 16.1. The topological polar surface area (TPSA) is 74.5 Å². The zero-order valence-corrected chi connectivity index (χ0v) is 12.5. The minimum atomic E-state index is -0.853. The molecule has 0 aliphatic heterocycles. The molecule has 5 nitrogen and oxygen atoms in total. The van der Waals surface area contributed by atoms with E-state index < -0.39 is 6.10 Å². The third kappa shape index (κ3) is 3.70. The van der Waals surface area contributed by atoms with Crippen LogP contribution in [-0.2, 0) is 6.54 Å². The number of furan rings is 1. The molecular formula is C18H18N2O3. The number of carbonyl (C=O) groups is 1. The monoisotopic (exact) mass is 310 g/mol. The van der Waals surface area contributed by atoms with Crippen molar-refractivity contribution < 1.29 is 14.3 Å². The second kappa shape index (κ2) is 6.98. The van der Waals surface area contributed by atoms with E-state index in [0.717, 1.165) is 16.3 Å². The van der Waals surface area contributed by atoms with Crippen LogP contribution in [0.2, 0.25) is 0 Å². The molecule has 5 heteroatoms. The zero-order valence-electron chi connectivity index (χ0n) is 12.5. The summed E-state index contributed by atoms with van der Waals surface area (Å²) >= 11 is 0. The Bertz CT molecular complexity index is 779. The van der Waals surface area contributed by atoms with Gasteiger partial charge >= 0.3 is 6.03 Å². The fourth-order valence-electron chi connectivity index (χ4n) is 2.46. The summed E-state index contributed by atoms with van der Waals surface area (Å²) in [5.74, 6) is 0.430. The predicted octanol–water partition coefficient (Wildman–Crippen LogP) is 2.97. The molecule has 0 saturated heterocycles. The number of aliphatic hydroxyl groups excluding tert-OH is 1. The highest BCUT2D eigenvalue weighted by Crippen LogP contribution is 2.18. The largest absolute Gasteiger partial charge is 0.467 e. The average Bonchev–Trinajstić information content (AvgIpc) is 3.12. The highest BCUT2D eigenvalue weighted by atomic mass is 16.4. The van der Waals surface area contributed by atoms with Crippen molar-refractivity contribution in [2.75, 3.05) is 6.54 Å². The predicted molar refractivity (Wildman–Crippen MR) is 87.9 cm³/mol. The lowest BCUT2D eigenvalue weighted by molar-refractivity contribution is 0.148. The number of hydrogen-bond donors (Lipinski definition) is 3. The molecule has 0 saturated carbocycles. The van der Waals surface area contributed by atoms with E-state index in [-0.39, 0.29) is 12.6 Å². The smallest absolute Gasteiger partial charge is 0.315 e. The number of rotatable bonds is 5. The molecule has 0 aliphatic rings. The van der Waals surface area contributed by atoms with Gasteiger partial charge in [0.15, 0.2) is 0 Å². The molecule has 1 unspecified atom stereocenters. The third-order valence-electron chi connectivity index (χ3n) is 3.65. The second-order valence-electron chi connectivity index (χ2n) is 5.23. The highest BCUT2D eigenvalue weighted by molar-refractivity contribution is 5.86. The van der Waals surface area contributed by atoms with Crippen molar-refractivity contribution >= 4 is 16.8 Å². The van der Waals surface area contributed by atoms with Crippen molar-refractivity contribution in [1.29, 1.82) is 0 Å². The van der Waals surface area contributed by atoms with Gasteiger partial charge in [-0.1, -0.05) is 42.5 Å². The molecule has 0 aliphatic carbocycles. The summed E-state index contributed by atoms with van der Waals surface area (Å²) in [6, 6.07) is 17.1. The minimum absolute atomic E-state index is 0.0921. The van der Waals surface area contributed by atoms with Gasteiger partial charge in [0.05, 0.1) is 12.8 Å². The first-order valence-electron chi connectivity index (χ1n) is 7.44. The summed E-state index contributed by atoms with van der Waals surface area (Å²) in [5, 5.41) is 17.5. The SMILES string of the molecule is O=C(NCc1cccc2ccccc12)NCC(O)c1ccco1. The van der Waals surface area contributed by atoms with E-state index in [9.17, 15) is 9.90 Å².